The van der Waals surface area contributed by atoms with Gasteiger partial charge in [0.05, 0.1) is 12.6 Å². The zero-order valence-corrected chi connectivity index (χ0v) is 17.2. The Balaban J connectivity index is 1.37. The van der Waals surface area contributed by atoms with Gasteiger partial charge in [-0.2, -0.15) is 0 Å². The third-order valence-electron chi connectivity index (χ3n) is 5.76. The number of hydrogen-bond donors (Lipinski definition) is 1. The fraction of sp³-hybridized carbons (Fsp3) is 0.458. The number of fused-ring (bicyclic) bond motifs is 1. The molecule has 4 rings (SSSR count). The molecule has 1 aliphatic carbocycles. The van der Waals surface area contributed by atoms with Crippen LogP contribution >= 0.6 is 0 Å². The zero-order chi connectivity index (χ0) is 20.4. The van der Waals surface area contributed by atoms with Crippen LogP contribution in [0.15, 0.2) is 42.5 Å². The average Bonchev–Trinajstić information content (AvgIpc) is 3.51. The number of amides is 1. The van der Waals surface area contributed by atoms with Crippen LogP contribution < -0.4 is 10.1 Å². The summed E-state index contributed by atoms with van der Waals surface area (Å²) in [7, 11) is 0. The van der Waals surface area contributed by atoms with Gasteiger partial charge >= 0.3 is 0 Å². The third-order valence-corrected chi connectivity index (χ3v) is 5.76. The van der Waals surface area contributed by atoms with Crippen molar-refractivity contribution in [2.75, 3.05) is 13.2 Å². The minimum atomic E-state index is -0.998. The molecule has 2 atom stereocenters. The molecule has 1 amide bonds. The van der Waals surface area contributed by atoms with Crippen molar-refractivity contribution in [1.82, 2.24) is 10.2 Å². The number of benzene rings is 2. The molecule has 0 unspecified atom stereocenters. The smallest absolute Gasteiger partial charge is 0.217 e. The summed E-state index contributed by atoms with van der Waals surface area (Å²) >= 11 is 0. The number of rotatable bonds is 7. The monoisotopic (exact) mass is 396 g/mol. The predicted molar refractivity (Wildman–Crippen MR) is 111 cm³/mol. The van der Waals surface area contributed by atoms with Crippen molar-refractivity contribution in [2.24, 2.45) is 5.92 Å². The van der Waals surface area contributed by atoms with Gasteiger partial charge in [0.2, 0.25) is 5.91 Å². The predicted octanol–water partition coefficient (Wildman–Crippen LogP) is 4.70. The van der Waals surface area contributed by atoms with E-state index in [-0.39, 0.29) is 11.9 Å². The Labute approximate surface area is 172 Å². The van der Waals surface area contributed by atoms with Gasteiger partial charge in [0, 0.05) is 26.6 Å². The second kappa shape index (κ2) is 8.54. The maximum absolute atomic E-state index is 14.9. The van der Waals surface area contributed by atoms with Gasteiger partial charge in [0.1, 0.15) is 11.9 Å². The summed E-state index contributed by atoms with van der Waals surface area (Å²) < 4.78 is 20.7. The Kier molecular flexibility index (Phi) is 5.86. The van der Waals surface area contributed by atoms with Gasteiger partial charge < -0.3 is 10.1 Å². The molecule has 29 heavy (non-hydrogen) atoms. The summed E-state index contributed by atoms with van der Waals surface area (Å²) in [5.74, 6) is 1.44. The molecule has 2 aliphatic rings. The van der Waals surface area contributed by atoms with Crippen molar-refractivity contribution in [3.05, 3.63) is 64.7 Å². The second-order valence-electron chi connectivity index (χ2n) is 8.42. The first kappa shape index (κ1) is 19.9. The van der Waals surface area contributed by atoms with Gasteiger partial charge in [-0.1, -0.05) is 30.3 Å². The molecular weight excluding hydrogens is 367 g/mol. The molecule has 2 aromatic carbocycles. The Morgan fingerprint density at radius 3 is 2.69 bits per heavy atom. The van der Waals surface area contributed by atoms with Crippen molar-refractivity contribution in [2.45, 2.75) is 52.0 Å². The Morgan fingerprint density at radius 2 is 2.00 bits per heavy atom. The van der Waals surface area contributed by atoms with Gasteiger partial charge in [-0.05, 0) is 60.1 Å². The lowest BCUT2D eigenvalue weighted by Gasteiger charge is -2.31. The Bertz CT molecular complexity index is 864. The van der Waals surface area contributed by atoms with Crippen LogP contribution in [0, 0.1) is 5.92 Å². The summed E-state index contributed by atoms with van der Waals surface area (Å²) in [6.07, 6.45) is 1.50. The van der Waals surface area contributed by atoms with Crippen LogP contribution in [-0.2, 0) is 17.9 Å². The Hall–Kier alpha value is -2.40. The molecule has 0 saturated heterocycles. The summed E-state index contributed by atoms with van der Waals surface area (Å²) in [6, 6.07) is 14.0. The van der Waals surface area contributed by atoms with Crippen LogP contribution in [0.3, 0.4) is 0 Å². The third kappa shape index (κ3) is 5.15. The second-order valence-corrected chi connectivity index (χ2v) is 8.42. The van der Waals surface area contributed by atoms with E-state index >= 15 is 0 Å². The van der Waals surface area contributed by atoms with E-state index in [2.05, 4.69) is 22.3 Å². The van der Waals surface area contributed by atoms with Gasteiger partial charge in [-0.25, -0.2) is 4.39 Å². The molecule has 0 radical (unpaired) electrons. The normalized spacial score (nSPS) is 20.0. The number of nitrogens with one attached hydrogen (secondary N) is 1. The molecule has 4 nitrogen and oxygen atoms in total. The van der Waals surface area contributed by atoms with E-state index in [9.17, 15) is 9.18 Å². The quantitative estimate of drug-likeness (QED) is 0.738. The molecule has 5 heteroatoms. The van der Waals surface area contributed by atoms with Crippen molar-refractivity contribution in [3.63, 3.8) is 0 Å². The minimum absolute atomic E-state index is 0.0186. The molecule has 1 saturated carbocycles. The first-order chi connectivity index (χ1) is 14.0. The number of halogens is 1. The number of carbonyl (C=O) groups excluding carboxylic acids is 1. The summed E-state index contributed by atoms with van der Waals surface area (Å²) in [6.45, 7) is 6.07. The van der Waals surface area contributed by atoms with E-state index < -0.39 is 6.17 Å². The fourth-order valence-electron chi connectivity index (χ4n) is 3.91. The fourth-order valence-corrected chi connectivity index (χ4v) is 3.91. The largest absolute Gasteiger partial charge is 0.493 e. The molecule has 1 fully saturated rings. The first-order valence-corrected chi connectivity index (χ1v) is 10.5. The van der Waals surface area contributed by atoms with E-state index in [4.69, 9.17) is 4.74 Å². The molecule has 0 bridgehead atoms. The van der Waals surface area contributed by atoms with Crippen LogP contribution in [0.1, 0.15) is 61.2 Å². The molecular formula is C24H29FN2O2. The highest BCUT2D eigenvalue weighted by molar-refractivity contribution is 5.73. The van der Waals surface area contributed by atoms with E-state index in [0.29, 0.717) is 19.0 Å². The lowest BCUT2D eigenvalue weighted by atomic mass is 9.97. The lowest BCUT2D eigenvalue weighted by Crippen LogP contribution is -2.31. The van der Waals surface area contributed by atoms with Gasteiger partial charge in [-0.3, -0.25) is 9.69 Å². The van der Waals surface area contributed by atoms with E-state index in [1.165, 1.54) is 19.8 Å². The standard InChI is InChI=1S/C24H29FN2O2/c1-16(26-17(2)28)20-7-5-18(6-8-20)12-27-13-21-9-10-22(29-15-19-3-4-19)11-23(21)24(25)14-27/h5-11,16,19,24H,3-4,12-15H2,1-2H3,(H,26,28)/t16-,24-/m0/s1. The van der Waals surface area contributed by atoms with Gasteiger partial charge in [0.25, 0.3) is 0 Å². The maximum atomic E-state index is 14.9. The molecule has 0 spiro atoms. The average molecular weight is 397 g/mol. The summed E-state index contributed by atoms with van der Waals surface area (Å²) in [5.41, 5.74) is 4.02. The van der Waals surface area contributed by atoms with E-state index in [1.54, 1.807) is 0 Å². The van der Waals surface area contributed by atoms with Crippen LogP contribution in [0.4, 0.5) is 4.39 Å². The maximum Gasteiger partial charge on any atom is 0.217 e. The van der Waals surface area contributed by atoms with Crippen LogP contribution in [-0.4, -0.2) is 24.0 Å². The number of hydrogen-bond acceptors (Lipinski definition) is 3. The molecule has 1 N–H and O–H groups in total. The van der Waals surface area contributed by atoms with E-state index in [0.717, 1.165) is 41.2 Å². The molecule has 0 aromatic heterocycles. The highest BCUT2D eigenvalue weighted by Gasteiger charge is 2.26. The highest BCUT2D eigenvalue weighted by atomic mass is 19.1. The van der Waals surface area contributed by atoms with Crippen molar-refractivity contribution in [3.8, 4) is 5.75 Å². The van der Waals surface area contributed by atoms with Crippen molar-refractivity contribution >= 4 is 5.91 Å². The molecule has 2 aromatic rings. The van der Waals surface area contributed by atoms with Gasteiger partial charge in [-0.15, -0.1) is 0 Å². The van der Waals surface area contributed by atoms with Gasteiger partial charge in [0.15, 0.2) is 0 Å². The zero-order valence-electron chi connectivity index (χ0n) is 17.2. The SMILES string of the molecule is CC(=O)N[C@@H](C)c1ccc(CN2Cc3ccc(OCC4CC4)cc3[C@@H](F)C2)cc1. The molecule has 1 aliphatic heterocycles. The number of nitrogens with zero attached hydrogens (tertiary/aromatic N) is 1. The van der Waals surface area contributed by atoms with Crippen LogP contribution in [0.25, 0.3) is 0 Å². The highest BCUT2D eigenvalue weighted by Crippen LogP contribution is 2.34. The van der Waals surface area contributed by atoms with Crippen LogP contribution in [0.2, 0.25) is 0 Å². The minimum Gasteiger partial charge on any atom is -0.493 e. The Morgan fingerprint density at radius 1 is 1.24 bits per heavy atom. The van der Waals surface area contributed by atoms with E-state index in [1.807, 2.05) is 37.3 Å². The van der Waals surface area contributed by atoms with Crippen molar-refractivity contribution in [1.29, 1.82) is 0 Å². The summed E-state index contributed by atoms with van der Waals surface area (Å²) in [4.78, 5) is 13.4. The molecule has 154 valence electrons. The molecule has 1 heterocycles. The summed E-state index contributed by atoms with van der Waals surface area (Å²) in [5, 5.41) is 2.89. The first-order valence-electron chi connectivity index (χ1n) is 10.5. The van der Waals surface area contributed by atoms with Crippen LogP contribution in [0.5, 0.6) is 5.75 Å². The number of ether oxygens (including phenoxy) is 1. The lowest BCUT2D eigenvalue weighted by molar-refractivity contribution is -0.119. The van der Waals surface area contributed by atoms with Crippen molar-refractivity contribution < 1.29 is 13.9 Å². The number of carbonyl (C=O) groups is 1. The number of alkyl halides is 1. The topological polar surface area (TPSA) is 41.6 Å².